The van der Waals surface area contributed by atoms with Crippen molar-refractivity contribution < 1.29 is 9.90 Å². The van der Waals surface area contributed by atoms with Crippen molar-refractivity contribution in [3.8, 4) is 0 Å². The summed E-state index contributed by atoms with van der Waals surface area (Å²) < 4.78 is 0. The van der Waals surface area contributed by atoms with Crippen LogP contribution < -0.4 is 10.6 Å². The van der Waals surface area contributed by atoms with Crippen molar-refractivity contribution in [1.29, 1.82) is 0 Å². The van der Waals surface area contributed by atoms with Crippen LogP contribution in [0.15, 0.2) is 12.3 Å². The number of aromatic carboxylic acids is 1. The summed E-state index contributed by atoms with van der Waals surface area (Å²) in [6.45, 7) is 11.2. The number of rotatable bonds is 9. The number of carboxylic acid groups (broad SMARTS) is 1. The second kappa shape index (κ2) is 8.46. The van der Waals surface area contributed by atoms with Crippen LogP contribution in [0.1, 0.15) is 37.6 Å². The minimum absolute atomic E-state index is 0.121. The lowest BCUT2D eigenvalue weighted by molar-refractivity contribution is 0.0696. The first-order valence-electron chi connectivity index (χ1n) is 7.49. The van der Waals surface area contributed by atoms with Crippen LogP contribution >= 0.6 is 0 Å². The normalized spacial score (nSPS) is 10.9. The van der Waals surface area contributed by atoms with E-state index in [2.05, 4.69) is 28.6 Å². The number of carbonyl (C=O) groups is 1. The topological polar surface area (TPSA) is 82.7 Å². The summed E-state index contributed by atoms with van der Waals surface area (Å²) in [6.07, 6.45) is 2.39. The van der Waals surface area contributed by atoms with Crippen molar-refractivity contribution in [2.75, 3.05) is 43.4 Å². The van der Waals surface area contributed by atoms with Gasteiger partial charge in [0.05, 0.1) is 11.3 Å². The second-order valence-corrected chi connectivity index (χ2v) is 4.90. The summed E-state index contributed by atoms with van der Waals surface area (Å²) in [7, 11) is 0. The number of nitrogen functional groups attached to an aromatic ring is 1. The van der Waals surface area contributed by atoms with Gasteiger partial charge in [-0.1, -0.05) is 13.8 Å². The highest BCUT2D eigenvalue weighted by molar-refractivity contribution is 5.89. The Kier molecular flexibility index (Phi) is 6.94. The molecule has 21 heavy (non-hydrogen) atoms. The van der Waals surface area contributed by atoms with Crippen LogP contribution in [-0.2, 0) is 0 Å². The minimum Gasteiger partial charge on any atom is -0.478 e. The van der Waals surface area contributed by atoms with E-state index in [0.717, 1.165) is 39.1 Å². The maximum absolute atomic E-state index is 10.9. The summed E-state index contributed by atoms with van der Waals surface area (Å²) in [5.41, 5.74) is 6.48. The maximum Gasteiger partial charge on any atom is 0.337 e. The molecule has 118 valence electrons. The van der Waals surface area contributed by atoms with Crippen LogP contribution in [0.25, 0.3) is 0 Å². The number of nitrogens with two attached hydrogens (primary N) is 1. The number of hydrogen-bond acceptors (Lipinski definition) is 5. The Balaban J connectivity index is 2.69. The number of hydrogen-bond donors (Lipinski definition) is 2. The van der Waals surface area contributed by atoms with Gasteiger partial charge in [-0.25, -0.2) is 9.78 Å². The monoisotopic (exact) mass is 294 g/mol. The van der Waals surface area contributed by atoms with Gasteiger partial charge in [0.2, 0.25) is 0 Å². The molecule has 0 atom stereocenters. The first kappa shape index (κ1) is 17.2. The van der Waals surface area contributed by atoms with Crippen LogP contribution in [0.5, 0.6) is 0 Å². The average molecular weight is 294 g/mol. The first-order valence-corrected chi connectivity index (χ1v) is 7.49. The zero-order valence-corrected chi connectivity index (χ0v) is 13.2. The Morgan fingerprint density at radius 1 is 1.24 bits per heavy atom. The summed E-state index contributed by atoms with van der Waals surface area (Å²) in [5.74, 6) is -0.340. The summed E-state index contributed by atoms with van der Waals surface area (Å²) >= 11 is 0. The summed E-state index contributed by atoms with van der Waals surface area (Å²) in [4.78, 5) is 19.6. The van der Waals surface area contributed by atoms with Gasteiger partial charge in [-0.3, -0.25) is 0 Å². The fraction of sp³-hybridized carbons (Fsp3) is 0.600. The molecule has 1 aromatic heterocycles. The predicted octanol–water partition coefficient (Wildman–Crippen LogP) is 1.92. The number of nitrogens with zero attached hydrogens (tertiary/aromatic N) is 3. The number of pyridine rings is 1. The van der Waals surface area contributed by atoms with E-state index in [4.69, 9.17) is 10.8 Å². The van der Waals surface area contributed by atoms with Crippen molar-refractivity contribution in [3.63, 3.8) is 0 Å². The molecular formula is C15H26N4O2. The van der Waals surface area contributed by atoms with Crippen LogP contribution in [0.4, 0.5) is 11.5 Å². The van der Waals surface area contributed by atoms with Crippen molar-refractivity contribution in [2.45, 2.75) is 27.2 Å². The van der Waals surface area contributed by atoms with Crippen molar-refractivity contribution in [1.82, 2.24) is 9.88 Å². The van der Waals surface area contributed by atoms with Crippen LogP contribution in [0.2, 0.25) is 0 Å². The van der Waals surface area contributed by atoms with Gasteiger partial charge in [0, 0.05) is 19.3 Å². The summed E-state index contributed by atoms with van der Waals surface area (Å²) in [5, 5.41) is 8.94. The molecule has 6 nitrogen and oxygen atoms in total. The molecule has 0 aliphatic heterocycles. The molecule has 1 heterocycles. The molecule has 0 unspecified atom stereocenters. The Morgan fingerprint density at radius 2 is 1.90 bits per heavy atom. The molecule has 0 aromatic carbocycles. The first-order chi connectivity index (χ1) is 10.0. The van der Waals surface area contributed by atoms with Crippen molar-refractivity contribution in [2.24, 2.45) is 0 Å². The highest BCUT2D eigenvalue weighted by Crippen LogP contribution is 2.21. The molecule has 1 rings (SSSR count). The molecule has 6 heteroatoms. The van der Waals surface area contributed by atoms with E-state index >= 15 is 0 Å². The third-order valence-corrected chi connectivity index (χ3v) is 3.62. The fourth-order valence-electron chi connectivity index (χ4n) is 2.29. The van der Waals surface area contributed by atoms with E-state index in [-0.39, 0.29) is 5.56 Å². The molecule has 0 fully saturated rings. The molecular weight excluding hydrogens is 268 g/mol. The smallest absolute Gasteiger partial charge is 0.337 e. The van der Waals surface area contributed by atoms with Gasteiger partial charge < -0.3 is 20.6 Å². The van der Waals surface area contributed by atoms with E-state index in [0.29, 0.717) is 11.5 Å². The Morgan fingerprint density at radius 3 is 2.38 bits per heavy atom. The average Bonchev–Trinajstić information content (AvgIpc) is 2.48. The zero-order chi connectivity index (χ0) is 15.8. The maximum atomic E-state index is 10.9. The second-order valence-electron chi connectivity index (χ2n) is 4.90. The van der Waals surface area contributed by atoms with Crippen molar-refractivity contribution in [3.05, 3.63) is 17.8 Å². The van der Waals surface area contributed by atoms with Gasteiger partial charge in [0.25, 0.3) is 0 Å². The van der Waals surface area contributed by atoms with Gasteiger partial charge in [0.1, 0.15) is 0 Å². The molecule has 0 saturated carbocycles. The highest BCUT2D eigenvalue weighted by Gasteiger charge is 2.13. The van der Waals surface area contributed by atoms with Gasteiger partial charge >= 0.3 is 5.97 Å². The molecule has 0 saturated heterocycles. The molecule has 0 aliphatic carbocycles. The van der Waals surface area contributed by atoms with Gasteiger partial charge in [-0.05, 0) is 39.0 Å². The van der Waals surface area contributed by atoms with Crippen molar-refractivity contribution >= 4 is 17.5 Å². The van der Waals surface area contributed by atoms with Gasteiger partial charge in [-0.2, -0.15) is 0 Å². The third kappa shape index (κ3) is 4.90. The van der Waals surface area contributed by atoms with Crippen LogP contribution in [0.3, 0.4) is 0 Å². The number of aromatic nitrogens is 1. The molecule has 0 spiro atoms. The molecule has 3 N–H and O–H groups in total. The lowest BCUT2D eigenvalue weighted by Gasteiger charge is -2.25. The van der Waals surface area contributed by atoms with E-state index < -0.39 is 5.97 Å². The van der Waals surface area contributed by atoms with Crippen LogP contribution in [-0.4, -0.2) is 53.7 Å². The lowest BCUT2D eigenvalue weighted by atomic mass is 10.2. The fourth-order valence-corrected chi connectivity index (χ4v) is 2.29. The van der Waals surface area contributed by atoms with E-state index in [1.165, 1.54) is 12.3 Å². The third-order valence-electron chi connectivity index (χ3n) is 3.62. The predicted molar refractivity (Wildman–Crippen MR) is 85.9 cm³/mol. The molecule has 0 radical (unpaired) electrons. The van der Waals surface area contributed by atoms with Crippen LogP contribution in [0, 0.1) is 0 Å². The molecule has 1 aromatic rings. The Hall–Kier alpha value is -1.82. The quantitative estimate of drug-likeness (QED) is 0.724. The zero-order valence-electron chi connectivity index (χ0n) is 13.2. The van der Waals surface area contributed by atoms with Gasteiger partial charge in [0.15, 0.2) is 5.82 Å². The summed E-state index contributed by atoms with van der Waals surface area (Å²) in [6, 6.07) is 1.47. The Bertz CT molecular complexity index is 461. The minimum atomic E-state index is -1.01. The molecule has 0 aliphatic rings. The highest BCUT2D eigenvalue weighted by atomic mass is 16.4. The van der Waals surface area contributed by atoms with E-state index in [9.17, 15) is 4.79 Å². The molecule has 0 amide bonds. The number of carboxylic acids is 1. The van der Waals surface area contributed by atoms with E-state index in [1.807, 2.05) is 6.92 Å². The SMILES string of the molecule is CCN(CC)CCCN(CC)c1ncc(C(=O)O)cc1N. The Labute approximate surface area is 126 Å². The largest absolute Gasteiger partial charge is 0.478 e. The molecule has 0 bridgehead atoms. The lowest BCUT2D eigenvalue weighted by Crippen LogP contribution is -2.31. The number of anilines is 2. The van der Waals surface area contributed by atoms with E-state index in [1.54, 1.807) is 0 Å². The van der Waals surface area contributed by atoms with Gasteiger partial charge in [-0.15, -0.1) is 0 Å². The standard InChI is InChI=1S/C15H26N4O2/c1-4-18(5-2)8-7-9-19(6-3)14-13(16)10-12(11-17-14)15(20)21/h10-11H,4-9,16H2,1-3H3,(H,20,21).